The molecular formula is C54H71FN2O7. The third-order valence-electron chi connectivity index (χ3n) is 14.0. The second-order valence-electron chi connectivity index (χ2n) is 19.7. The lowest BCUT2D eigenvalue weighted by Crippen LogP contribution is -2.70. The molecule has 1 heterocycles. The number of allylic oxidation sites excluding steroid dienone is 1. The lowest BCUT2D eigenvalue weighted by atomic mass is 9.55. The summed E-state index contributed by atoms with van der Waals surface area (Å²) in [5, 5.41) is 25.0. The standard InChI is InChI=1S/C54H71FN2O7/c1-7-30-61-54-49(57(35-39-19-22-41(55)23-20-39)50(60)27-21-38-14-8-9-15-38)34-47(56-64-53(4,5)6)45-32-40(16-10-12-28-58)44(17-11-13-29-59)51(52(45)54)46-33-43(25-26-48(46)63-54)62-42-24-18-36(2)37(3)31-42/h7,18-20,22-26,31-33,38,40,44,49,51-52,58-59H,1,8-17,21,27-30,34-35H2,2-6H3/t40-,44+,49-,51+,52+,54+/m0/s1. The number of hydrogen-bond acceptors (Lipinski definition) is 8. The first kappa shape index (κ1) is 47.5. The Bertz CT molecular complexity index is 2120. The van der Waals surface area contributed by atoms with E-state index < -0.39 is 23.3 Å². The highest BCUT2D eigenvalue weighted by molar-refractivity contribution is 6.03. The Morgan fingerprint density at radius 2 is 1.64 bits per heavy atom. The van der Waals surface area contributed by atoms with Crippen molar-refractivity contribution in [1.82, 2.24) is 4.90 Å². The van der Waals surface area contributed by atoms with Crippen LogP contribution in [0.4, 0.5) is 4.39 Å². The first-order valence-electron chi connectivity index (χ1n) is 23.9. The van der Waals surface area contributed by atoms with E-state index in [-0.39, 0.29) is 55.8 Å². The normalized spacial score (nSPS) is 24.7. The average molecular weight is 879 g/mol. The third kappa shape index (κ3) is 10.9. The summed E-state index contributed by atoms with van der Waals surface area (Å²) in [4.78, 5) is 23.4. The zero-order valence-electron chi connectivity index (χ0n) is 38.8. The number of unbranched alkanes of at least 4 members (excludes halogenated alkanes) is 2. The molecule has 3 aliphatic carbocycles. The number of aliphatic hydroxyl groups excluding tert-OH is 2. The molecule has 2 fully saturated rings. The van der Waals surface area contributed by atoms with Crippen molar-refractivity contribution in [2.24, 2.45) is 28.8 Å². The fourth-order valence-corrected chi connectivity index (χ4v) is 10.7. The highest BCUT2D eigenvalue weighted by Gasteiger charge is 2.65. The molecule has 0 aromatic heterocycles. The second kappa shape index (κ2) is 21.2. The number of carbonyl (C=O) groups is 1. The van der Waals surface area contributed by atoms with E-state index >= 15 is 4.79 Å². The molecule has 2 saturated carbocycles. The summed E-state index contributed by atoms with van der Waals surface area (Å²) in [6, 6.07) is 17.9. The molecule has 0 unspecified atom stereocenters. The molecule has 9 nitrogen and oxygen atoms in total. The van der Waals surface area contributed by atoms with E-state index in [9.17, 15) is 14.6 Å². The van der Waals surface area contributed by atoms with Crippen LogP contribution in [-0.4, -0.2) is 64.0 Å². The van der Waals surface area contributed by atoms with Gasteiger partial charge in [-0.05, 0) is 149 Å². The molecule has 1 aliphatic heterocycles. The summed E-state index contributed by atoms with van der Waals surface area (Å²) in [7, 11) is 0. The van der Waals surface area contributed by atoms with Crippen LogP contribution in [0.5, 0.6) is 17.2 Å². The lowest BCUT2D eigenvalue weighted by molar-refractivity contribution is -0.258. The van der Waals surface area contributed by atoms with Crippen LogP contribution in [0.15, 0.2) is 90.1 Å². The highest BCUT2D eigenvalue weighted by atomic mass is 19.1. The molecule has 0 spiro atoms. The van der Waals surface area contributed by atoms with Gasteiger partial charge in [-0.15, -0.1) is 6.58 Å². The van der Waals surface area contributed by atoms with Gasteiger partial charge in [0.05, 0.1) is 18.2 Å². The van der Waals surface area contributed by atoms with Gasteiger partial charge in [0.2, 0.25) is 11.7 Å². The average Bonchev–Trinajstić information content (AvgIpc) is 3.80. The Balaban J connectivity index is 1.45. The molecule has 64 heavy (non-hydrogen) atoms. The van der Waals surface area contributed by atoms with E-state index in [1.807, 2.05) is 43.9 Å². The number of rotatable bonds is 20. The number of halogens is 1. The van der Waals surface area contributed by atoms with Crippen molar-refractivity contribution in [2.45, 2.75) is 148 Å². The number of aliphatic hydroxyl groups is 2. The molecule has 0 radical (unpaired) electrons. The topological polar surface area (TPSA) is 110 Å². The van der Waals surface area contributed by atoms with Gasteiger partial charge in [0.25, 0.3) is 0 Å². The van der Waals surface area contributed by atoms with Crippen LogP contribution in [0.1, 0.15) is 132 Å². The van der Waals surface area contributed by atoms with E-state index in [1.54, 1.807) is 18.2 Å². The maximum Gasteiger partial charge on any atom is 0.239 e. The Kier molecular flexibility index (Phi) is 15.7. The van der Waals surface area contributed by atoms with Gasteiger partial charge in [-0.2, -0.15) is 0 Å². The summed E-state index contributed by atoms with van der Waals surface area (Å²) >= 11 is 0. The van der Waals surface area contributed by atoms with Crippen LogP contribution in [0, 0.1) is 43.3 Å². The van der Waals surface area contributed by atoms with Crippen LogP contribution in [-0.2, 0) is 20.9 Å². The number of oxime groups is 1. The van der Waals surface area contributed by atoms with Crippen molar-refractivity contribution >= 4 is 11.6 Å². The van der Waals surface area contributed by atoms with E-state index in [2.05, 4.69) is 44.7 Å². The number of fused-ring (bicyclic) bond motifs is 2. The summed E-state index contributed by atoms with van der Waals surface area (Å²) in [5.41, 5.74) is 5.25. The molecule has 346 valence electrons. The van der Waals surface area contributed by atoms with Crippen molar-refractivity contribution in [3.63, 3.8) is 0 Å². The monoisotopic (exact) mass is 879 g/mol. The molecular weight excluding hydrogens is 808 g/mol. The quantitative estimate of drug-likeness (QED) is 0.0661. The molecule has 0 saturated heterocycles. The van der Waals surface area contributed by atoms with Crippen molar-refractivity contribution in [3.05, 3.63) is 113 Å². The summed E-state index contributed by atoms with van der Waals surface area (Å²) < 4.78 is 35.7. The molecule has 4 aliphatic rings. The van der Waals surface area contributed by atoms with Gasteiger partial charge in [0.15, 0.2) is 0 Å². The highest BCUT2D eigenvalue weighted by Crippen LogP contribution is 2.62. The summed E-state index contributed by atoms with van der Waals surface area (Å²) in [5.74, 6) is 0.358. The van der Waals surface area contributed by atoms with Gasteiger partial charge < -0.3 is 34.2 Å². The number of carbonyl (C=O) groups excluding carboxylic acids is 1. The number of aryl methyl sites for hydroxylation is 2. The van der Waals surface area contributed by atoms with Gasteiger partial charge in [-0.3, -0.25) is 4.79 Å². The van der Waals surface area contributed by atoms with Gasteiger partial charge in [0, 0.05) is 44.1 Å². The van der Waals surface area contributed by atoms with E-state index in [0.29, 0.717) is 43.1 Å². The zero-order valence-corrected chi connectivity index (χ0v) is 38.8. The van der Waals surface area contributed by atoms with Crippen LogP contribution < -0.4 is 9.47 Å². The Labute approximate surface area is 380 Å². The van der Waals surface area contributed by atoms with Crippen molar-refractivity contribution in [1.29, 1.82) is 0 Å². The molecule has 10 heteroatoms. The Hall–Kier alpha value is -4.51. The fraction of sp³-hybridized carbons (Fsp3) is 0.556. The van der Waals surface area contributed by atoms with E-state index in [0.717, 1.165) is 78.7 Å². The first-order valence-corrected chi connectivity index (χ1v) is 23.9. The summed E-state index contributed by atoms with van der Waals surface area (Å²) in [6.45, 7) is 14.8. The van der Waals surface area contributed by atoms with Crippen LogP contribution in [0.25, 0.3) is 0 Å². The molecule has 3 aromatic rings. The van der Waals surface area contributed by atoms with Crippen molar-refractivity contribution in [2.75, 3.05) is 19.8 Å². The van der Waals surface area contributed by atoms with Crippen molar-refractivity contribution < 1.29 is 38.4 Å². The molecule has 0 bridgehead atoms. The zero-order chi connectivity index (χ0) is 45.4. The van der Waals surface area contributed by atoms with Crippen LogP contribution >= 0.6 is 0 Å². The predicted molar refractivity (Wildman–Crippen MR) is 250 cm³/mol. The predicted octanol–water partition coefficient (Wildman–Crippen LogP) is 11.7. The lowest BCUT2D eigenvalue weighted by Gasteiger charge is -2.60. The second-order valence-corrected chi connectivity index (χ2v) is 19.7. The molecule has 1 amide bonds. The molecule has 6 atom stereocenters. The van der Waals surface area contributed by atoms with Crippen LogP contribution in [0.2, 0.25) is 0 Å². The maximum atomic E-state index is 15.2. The maximum absolute atomic E-state index is 15.2. The minimum Gasteiger partial charge on any atom is -0.459 e. The first-order chi connectivity index (χ1) is 30.8. The SMILES string of the molecule is C=CCO[C@@]12Oc3ccc(Oc4ccc(C)c(C)c4)cc3[C@H]3[C@H](CCCCO)[C@@H](CCCCO)C=C(C(=NOC(C)(C)C)C[C@@H]1N(Cc1ccc(F)cc1)C(=O)CCC1CCCC1)[C@H]32. The minimum atomic E-state index is -1.40. The van der Waals surface area contributed by atoms with Crippen molar-refractivity contribution in [3.8, 4) is 17.2 Å². The number of hydrogen-bond donors (Lipinski definition) is 2. The third-order valence-corrected chi connectivity index (χ3v) is 14.0. The number of benzene rings is 3. The Morgan fingerprint density at radius 1 is 0.938 bits per heavy atom. The number of ether oxygens (including phenoxy) is 3. The van der Waals surface area contributed by atoms with Gasteiger partial charge in [-0.25, -0.2) is 4.39 Å². The minimum absolute atomic E-state index is 0.00778. The van der Waals surface area contributed by atoms with Crippen LogP contribution in [0.3, 0.4) is 0 Å². The smallest absolute Gasteiger partial charge is 0.239 e. The number of nitrogens with zero attached hydrogens (tertiary/aromatic N) is 2. The Morgan fingerprint density at radius 3 is 2.33 bits per heavy atom. The summed E-state index contributed by atoms with van der Waals surface area (Å²) in [6.07, 6.45) is 14.9. The van der Waals surface area contributed by atoms with Gasteiger partial charge in [-0.1, -0.05) is 74.0 Å². The van der Waals surface area contributed by atoms with E-state index in [4.69, 9.17) is 24.2 Å². The molecule has 7 rings (SSSR count). The van der Waals surface area contributed by atoms with Gasteiger partial charge >= 0.3 is 0 Å². The molecule has 2 N–H and O–H groups in total. The molecule has 3 aromatic carbocycles. The van der Waals surface area contributed by atoms with E-state index in [1.165, 1.54) is 30.5 Å². The largest absolute Gasteiger partial charge is 0.459 e. The fourth-order valence-electron chi connectivity index (χ4n) is 10.7. The van der Waals surface area contributed by atoms with Gasteiger partial charge in [0.1, 0.15) is 34.7 Å². The number of amides is 1.